The summed E-state index contributed by atoms with van der Waals surface area (Å²) in [6.07, 6.45) is 4.76. The summed E-state index contributed by atoms with van der Waals surface area (Å²) in [6, 6.07) is 15.3. The van der Waals surface area contributed by atoms with E-state index in [1.165, 1.54) is 11.1 Å². The zero-order valence-electron chi connectivity index (χ0n) is 18.4. The van der Waals surface area contributed by atoms with Crippen LogP contribution in [0.1, 0.15) is 49.1 Å². The number of rotatable bonds is 10. The van der Waals surface area contributed by atoms with Gasteiger partial charge in [-0.3, -0.25) is 0 Å². The van der Waals surface area contributed by atoms with Gasteiger partial charge in [-0.1, -0.05) is 35.9 Å². The molecule has 5 nitrogen and oxygen atoms in total. The van der Waals surface area contributed by atoms with Gasteiger partial charge in [-0.15, -0.1) is 0 Å². The lowest BCUT2D eigenvalue weighted by atomic mass is 9.81. The molecule has 0 bridgehead atoms. The molecule has 31 heavy (non-hydrogen) atoms. The predicted molar refractivity (Wildman–Crippen MR) is 126 cm³/mol. The van der Waals surface area contributed by atoms with Crippen molar-refractivity contribution in [3.8, 4) is 0 Å². The van der Waals surface area contributed by atoms with Crippen LogP contribution in [0.4, 0.5) is 0 Å². The van der Waals surface area contributed by atoms with Crippen LogP contribution in [0.5, 0.6) is 0 Å². The Balaban J connectivity index is 1.51. The number of hydrogen-bond donors (Lipinski definition) is 1. The standard InChI is InChI=1S/C24H33ClN2O3S/c1-27(31(28,29)24-14-10-22(25)11-15-24)23-12-8-21(9-13-23)20-6-4-19(5-7-20)18-26-16-3-17-30-2/h4-7,10-11,14-15,21,23,26H,3,8-9,12-13,16-18H2,1-2H3. The van der Waals surface area contributed by atoms with E-state index in [1.54, 1.807) is 42.7 Å². The number of nitrogens with one attached hydrogen (secondary N) is 1. The number of nitrogens with zero attached hydrogens (tertiary/aromatic N) is 1. The molecule has 2 aromatic rings. The van der Waals surface area contributed by atoms with Crippen molar-refractivity contribution in [2.45, 2.75) is 55.5 Å². The molecule has 0 aromatic heterocycles. The van der Waals surface area contributed by atoms with Crippen molar-refractivity contribution >= 4 is 21.6 Å². The monoisotopic (exact) mass is 464 g/mol. The minimum absolute atomic E-state index is 0.0347. The first-order chi connectivity index (χ1) is 14.9. The first-order valence-electron chi connectivity index (χ1n) is 10.9. The molecule has 0 amide bonds. The third-order valence-corrected chi connectivity index (χ3v) is 8.36. The van der Waals surface area contributed by atoms with E-state index in [0.29, 0.717) is 15.8 Å². The number of hydrogen-bond acceptors (Lipinski definition) is 4. The van der Waals surface area contributed by atoms with E-state index in [9.17, 15) is 8.42 Å². The molecule has 1 saturated carbocycles. The molecule has 0 radical (unpaired) electrons. The molecule has 1 N–H and O–H groups in total. The van der Waals surface area contributed by atoms with Gasteiger partial charge in [0.1, 0.15) is 0 Å². The van der Waals surface area contributed by atoms with Gasteiger partial charge in [0.15, 0.2) is 0 Å². The molecule has 0 heterocycles. The maximum atomic E-state index is 12.9. The molecule has 0 unspecified atom stereocenters. The molecule has 1 aliphatic carbocycles. The Morgan fingerprint density at radius 3 is 2.29 bits per heavy atom. The summed E-state index contributed by atoms with van der Waals surface area (Å²) in [6.45, 7) is 2.60. The third-order valence-electron chi connectivity index (χ3n) is 6.18. The van der Waals surface area contributed by atoms with Crippen LogP contribution in [0.25, 0.3) is 0 Å². The van der Waals surface area contributed by atoms with Gasteiger partial charge in [-0.05, 0) is 80.0 Å². The number of halogens is 1. The number of sulfonamides is 1. The largest absolute Gasteiger partial charge is 0.385 e. The number of ether oxygens (including phenoxy) is 1. The molecule has 0 spiro atoms. The molecular formula is C24H33ClN2O3S. The van der Waals surface area contributed by atoms with Gasteiger partial charge in [-0.2, -0.15) is 4.31 Å². The first kappa shape index (κ1) is 24.2. The summed E-state index contributed by atoms with van der Waals surface area (Å²) in [5, 5.41) is 3.97. The van der Waals surface area contributed by atoms with Gasteiger partial charge in [0.2, 0.25) is 10.0 Å². The van der Waals surface area contributed by atoms with Crippen molar-refractivity contribution in [2.75, 3.05) is 27.3 Å². The highest BCUT2D eigenvalue weighted by Crippen LogP contribution is 2.36. The Hall–Kier alpha value is -1.44. The van der Waals surface area contributed by atoms with Crippen LogP contribution in [0.3, 0.4) is 0 Å². The smallest absolute Gasteiger partial charge is 0.243 e. The fraction of sp³-hybridized carbons (Fsp3) is 0.500. The Kier molecular flexibility index (Phi) is 8.93. The van der Waals surface area contributed by atoms with E-state index in [4.69, 9.17) is 16.3 Å². The minimum atomic E-state index is -3.50. The fourth-order valence-electron chi connectivity index (χ4n) is 4.22. The van der Waals surface area contributed by atoms with Crippen LogP contribution in [0.2, 0.25) is 5.02 Å². The van der Waals surface area contributed by atoms with Crippen molar-refractivity contribution in [1.29, 1.82) is 0 Å². The highest BCUT2D eigenvalue weighted by molar-refractivity contribution is 7.89. The van der Waals surface area contributed by atoms with Crippen LogP contribution in [0, 0.1) is 0 Å². The Labute approximate surface area is 191 Å². The summed E-state index contributed by atoms with van der Waals surface area (Å²) >= 11 is 5.90. The van der Waals surface area contributed by atoms with Crippen LogP contribution in [-0.4, -0.2) is 46.1 Å². The molecule has 0 atom stereocenters. The SMILES string of the molecule is COCCCNCc1ccc(C2CCC(N(C)S(=O)(=O)c3ccc(Cl)cc3)CC2)cc1. The quantitative estimate of drug-likeness (QED) is 0.512. The van der Waals surface area contributed by atoms with E-state index in [2.05, 4.69) is 29.6 Å². The second kappa shape index (κ2) is 11.4. The Morgan fingerprint density at radius 1 is 1.03 bits per heavy atom. The van der Waals surface area contributed by atoms with Crippen LogP contribution in [-0.2, 0) is 21.3 Å². The second-order valence-corrected chi connectivity index (χ2v) is 10.7. The fourth-order valence-corrected chi connectivity index (χ4v) is 5.77. The lowest BCUT2D eigenvalue weighted by Crippen LogP contribution is -2.39. The summed E-state index contributed by atoms with van der Waals surface area (Å²) < 4.78 is 32.5. The first-order valence-corrected chi connectivity index (χ1v) is 12.8. The van der Waals surface area contributed by atoms with Crippen molar-refractivity contribution in [3.63, 3.8) is 0 Å². The molecule has 1 fully saturated rings. The van der Waals surface area contributed by atoms with Gasteiger partial charge in [0.05, 0.1) is 4.90 Å². The predicted octanol–water partition coefficient (Wildman–Crippen LogP) is 4.81. The molecule has 170 valence electrons. The lowest BCUT2D eigenvalue weighted by Gasteiger charge is -2.34. The lowest BCUT2D eigenvalue weighted by molar-refractivity contribution is 0.194. The van der Waals surface area contributed by atoms with Gasteiger partial charge in [0, 0.05) is 38.4 Å². The summed E-state index contributed by atoms with van der Waals surface area (Å²) in [7, 11) is -0.0754. The van der Waals surface area contributed by atoms with Gasteiger partial charge < -0.3 is 10.1 Å². The van der Waals surface area contributed by atoms with E-state index in [-0.39, 0.29) is 6.04 Å². The molecular weight excluding hydrogens is 432 g/mol. The number of methoxy groups -OCH3 is 1. The highest BCUT2D eigenvalue weighted by atomic mass is 35.5. The maximum Gasteiger partial charge on any atom is 0.243 e. The van der Waals surface area contributed by atoms with Crippen LogP contribution >= 0.6 is 11.6 Å². The molecule has 1 aliphatic rings. The molecule has 0 saturated heterocycles. The van der Waals surface area contributed by atoms with E-state index in [1.807, 2.05) is 0 Å². The van der Waals surface area contributed by atoms with E-state index >= 15 is 0 Å². The number of benzene rings is 2. The molecule has 0 aliphatic heterocycles. The van der Waals surface area contributed by atoms with Gasteiger partial charge >= 0.3 is 0 Å². The molecule has 7 heteroatoms. The topological polar surface area (TPSA) is 58.6 Å². The maximum absolute atomic E-state index is 12.9. The summed E-state index contributed by atoms with van der Waals surface area (Å²) in [5.41, 5.74) is 2.63. The van der Waals surface area contributed by atoms with E-state index < -0.39 is 10.0 Å². The summed E-state index contributed by atoms with van der Waals surface area (Å²) in [5.74, 6) is 0.492. The highest BCUT2D eigenvalue weighted by Gasteiger charge is 2.31. The zero-order valence-corrected chi connectivity index (χ0v) is 20.0. The summed E-state index contributed by atoms with van der Waals surface area (Å²) in [4.78, 5) is 0.299. The van der Waals surface area contributed by atoms with Crippen molar-refractivity contribution in [3.05, 3.63) is 64.7 Å². The van der Waals surface area contributed by atoms with E-state index in [0.717, 1.165) is 51.8 Å². The molecule has 2 aromatic carbocycles. The van der Waals surface area contributed by atoms with Crippen molar-refractivity contribution in [1.82, 2.24) is 9.62 Å². The van der Waals surface area contributed by atoms with Crippen molar-refractivity contribution in [2.24, 2.45) is 0 Å². The van der Waals surface area contributed by atoms with Crippen LogP contribution in [0.15, 0.2) is 53.4 Å². The van der Waals surface area contributed by atoms with Crippen molar-refractivity contribution < 1.29 is 13.2 Å². The average Bonchev–Trinajstić information content (AvgIpc) is 2.79. The Bertz CT molecular complexity index is 909. The zero-order chi connectivity index (χ0) is 22.3. The second-order valence-electron chi connectivity index (χ2n) is 8.25. The molecule has 3 rings (SSSR count). The normalized spacial score (nSPS) is 19.6. The minimum Gasteiger partial charge on any atom is -0.385 e. The van der Waals surface area contributed by atoms with Gasteiger partial charge in [0.25, 0.3) is 0 Å². The third kappa shape index (κ3) is 6.53. The van der Waals surface area contributed by atoms with Crippen LogP contribution < -0.4 is 5.32 Å². The van der Waals surface area contributed by atoms with Gasteiger partial charge in [-0.25, -0.2) is 8.42 Å². The Morgan fingerprint density at radius 2 is 1.68 bits per heavy atom. The average molecular weight is 465 g/mol.